The van der Waals surface area contributed by atoms with Gasteiger partial charge in [0.15, 0.2) is 0 Å². The number of aliphatic imine (C=N–C) groups is 1. The van der Waals surface area contributed by atoms with E-state index in [1.807, 2.05) is 54.8 Å². The number of rotatable bonds is 3. The number of aryl methyl sites for hydroxylation is 1. The third-order valence-electron chi connectivity index (χ3n) is 3.98. The summed E-state index contributed by atoms with van der Waals surface area (Å²) in [5.74, 6) is 0.607. The summed E-state index contributed by atoms with van der Waals surface area (Å²) in [7, 11) is 1.64. The van der Waals surface area contributed by atoms with Crippen molar-refractivity contribution in [1.29, 1.82) is 0 Å². The van der Waals surface area contributed by atoms with Gasteiger partial charge in [-0.15, -0.1) is 11.3 Å². The van der Waals surface area contributed by atoms with Gasteiger partial charge in [-0.05, 0) is 43.3 Å². The molecule has 0 saturated heterocycles. The highest BCUT2D eigenvalue weighted by Gasteiger charge is 2.26. The fourth-order valence-corrected chi connectivity index (χ4v) is 3.38. The summed E-state index contributed by atoms with van der Waals surface area (Å²) in [4.78, 5) is 21.2. The predicted molar refractivity (Wildman–Crippen MR) is 100 cm³/mol. The molecule has 25 heavy (non-hydrogen) atoms. The van der Waals surface area contributed by atoms with Gasteiger partial charge in [0.25, 0.3) is 5.91 Å². The van der Waals surface area contributed by atoms with Crippen molar-refractivity contribution in [2.24, 2.45) is 4.99 Å². The fraction of sp³-hybridized carbons (Fsp3) is 0.105. The fourth-order valence-electron chi connectivity index (χ4n) is 2.68. The van der Waals surface area contributed by atoms with E-state index in [2.05, 4.69) is 15.3 Å². The van der Waals surface area contributed by atoms with E-state index in [1.54, 1.807) is 7.11 Å². The highest BCUT2D eigenvalue weighted by molar-refractivity contribution is 7.13. The summed E-state index contributed by atoms with van der Waals surface area (Å²) < 4.78 is 5.17. The highest BCUT2D eigenvalue weighted by Crippen LogP contribution is 2.31. The number of ether oxygens (including phenoxy) is 1. The second-order valence-electron chi connectivity index (χ2n) is 5.71. The van der Waals surface area contributed by atoms with Crippen molar-refractivity contribution in [3.8, 4) is 17.0 Å². The lowest BCUT2D eigenvalue weighted by atomic mass is 10.1. The lowest BCUT2D eigenvalue weighted by Crippen LogP contribution is -2.13. The Morgan fingerprint density at radius 3 is 2.72 bits per heavy atom. The van der Waals surface area contributed by atoms with E-state index in [1.165, 1.54) is 11.3 Å². The maximum Gasteiger partial charge on any atom is 0.275 e. The Labute approximate surface area is 149 Å². The van der Waals surface area contributed by atoms with Gasteiger partial charge in [-0.25, -0.2) is 9.98 Å². The van der Waals surface area contributed by atoms with Gasteiger partial charge in [0, 0.05) is 16.5 Å². The average Bonchev–Trinajstić information content (AvgIpc) is 3.21. The molecular weight excluding hydrogens is 334 g/mol. The summed E-state index contributed by atoms with van der Waals surface area (Å²) in [5.41, 5.74) is 4.92. The Morgan fingerprint density at radius 1 is 1.16 bits per heavy atom. The molecule has 1 N–H and O–H groups in total. The number of anilines is 1. The Kier molecular flexibility index (Phi) is 3.82. The number of amides is 1. The van der Waals surface area contributed by atoms with Crippen LogP contribution in [0.4, 0.5) is 10.8 Å². The number of aromatic nitrogens is 1. The van der Waals surface area contributed by atoms with Crippen molar-refractivity contribution in [2.75, 3.05) is 12.4 Å². The maximum atomic E-state index is 12.2. The minimum absolute atomic E-state index is 0.193. The molecule has 6 heteroatoms. The molecule has 1 amide bonds. The number of hydrogen-bond acceptors (Lipinski definition) is 5. The van der Waals surface area contributed by atoms with E-state index in [4.69, 9.17) is 4.74 Å². The number of carbonyl (C=O) groups excluding carboxylic acids is 1. The van der Waals surface area contributed by atoms with Crippen LogP contribution in [0.5, 0.6) is 5.75 Å². The van der Waals surface area contributed by atoms with Crippen LogP contribution in [-0.4, -0.2) is 23.7 Å². The van der Waals surface area contributed by atoms with Gasteiger partial charge < -0.3 is 10.1 Å². The number of methoxy groups -OCH3 is 1. The van der Waals surface area contributed by atoms with Crippen LogP contribution in [-0.2, 0) is 4.79 Å². The first-order valence-corrected chi connectivity index (χ1v) is 8.63. The van der Waals surface area contributed by atoms with Crippen LogP contribution in [0, 0.1) is 6.92 Å². The van der Waals surface area contributed by atoms with Crippen molar-refractivity contribution in [2.45, 2.75) is 6.92 Å². The summed E-state index contributed by atoms with van der Waals surface area (Å²) >= 11 is 1.41. The van der Waals surface area contributed by atoms with E-state index in [0.717, 1.165) is 33.8 Å². The molecule has 1 aliphatic heterocycles. The first kappa shape index (κ1) is 15.5. The molecule has 1 aromatic heterocycles. The standard InChI is InChI=1S/C19H15N3O2S/c1-11-3-8-15-14(9-11)17(18(23)20-15)22-19-21-16(10-25-19)12-4-6-13(24-2)7-5-12/h3-10H,1-2H3,(H,20,21,22,23). The second-order valence-corrected chi connectivity index (χ2v) is 6.54. The molecule has 4 rings (SSSR count). The number of carbonyl (C=O) groups is 1. The van der Waals surface area contributed by atoms with Crippen LogP contribution in [0.2, 0.25) is 0 Å². The zero-order chi connectivity index (χ0) is 17.4. The molecule has 0 atom stereocenters. The van der Waals surface area contributed by atoms with Crippen molar-refractivity contribution in [1.82, 2.24) is 4.98 Å². The largest absolute Gasteiger partial charge is 0.497 e. The molecule has 0 saturated carbocycles. The molecule has 0 bridgehead atoms. The predicted octanol–water partition coefficient (Wildman–Crippen LogP) is 4.20. The third kappa shape index (κ3) is 2.92. The van der Waals surface area contributed by atoms with Gasteiger partial charge >= 0.3 is 0 Å². The zero-order valence-electron chi connectivity index (χ0n) is 13.7. The summed E-state index contributed by atoms with van der Waals surface area (Å²) in [6, 6.07) is 13.5. The third-order valence-corrected chi connectivity index (χ3v) is 4.71. The molecule has 0 spiro atoms. The molecule has 2 aromatic carbocycles. The van der Waals surface area contributed by atoms with E-state index in [0.29, 0.717) is 10.8 Å². The number of nitrogens with one attached hydrogen (secondary N) is 1. The first-order valence-electron chi connectivity index (χ1n) is 7.75. The first-order chi connectivity index (χ1) is 12.1. The van der Waals surface area contributed by atoms with Gasteiger partial charge in [-0.3, -0.25) is 4.79 Å². The molecule has 1 aliphatic rings. The van der Waals surface area contributed by atoms with E-state index < -0.39 is 0 Å². The Balaban J connectivity index is 1.68. The number of fused-ring (bicyclic) bond motifs is 1. The molecule has 5 nitrogen and oxygen atoms in total. The zero-order valence-corrected chi connectivity index (χ0v) is 14.6. The van der Waals surface area contributed by atoms with Crippen LogP contribution in [0.1, 0.15) is 11.1 Å². The average molecular weight is 349 g/mol. The van der Waals surface area contributed by atoms with E-state index in [9.17, 15) is 4.79 Å². The lowest BCUT2D eigenvalue weighted by molar-refractivity contribution is -0.110. The van der Waals surface area contributed by atoms with Gasteiger partial charge in [-0.2, -0.15) is 0 Å². The molecule has 0 unspecified atom stereocenters. The molecule has 0 radical (unpaired) electrons. The monoisotopic (exact) mass is 349 g/mol. The summed E-state index contributed by atoms with van der Waals surface area (Å²) in [6.07, 6.45) is 0. The smallest absolute Gasteiger partial charge is 0.275 e. The van der Waals surface area contributed by atoms with Crippen molar-refractivity contribution >= 4 is 33.8 Å². The van der Waals surface area contributed by atoms with Gasteiger partial charge in [0.1, 0.15) is 11.5 Å². The topological polar surface area (TPSA) is 63.6 Å². The van der Waals surface area contributed by atoms with Crippen LogP contribution in [0.15, 0.2) is 52.8 Å². The summed E-state index contributed by atoms with van der Waals surface area (Å²) in [5, 5.41) is 5.34. The maximum absolute atomic E-state index is 12.2. The number of hydrogen-bond donors (Lipinski definition) is 1. The Morgan fingerprint density at radius 2 is 1.96 bits per heavy atom. The second kappa shape index (κ2) is 6.14. The van der Waals surface area contributed by atoms with Crippen molar-refractivity contribution in [3.63, 3.8) is 0 Å². The number of thiazole rings is 1. The van der Waals surface area contributed by atoms with Crippen molar-refractivity contribution in [3.05, 3.63) is 59.0 Å². The molecule has 124 valence electrons. The van der Waals surface area contributed by atoms with Crippen LogP contribution in [0.25, 0.3) is 11.3 Å². The van der Waals surface area contributed by atoms with E-state index >= 15 is 0 Å². The van der Waals surface area contributed by atoms with Crippen LogP contribution in [0.3, 0.4) is 0 Å². The minimum Gasteiger partial charge on any atom is -0.497 e. The normalized spacial score (nSPS) is 14.5. The van der Waals surface area contributed by atoms with Crippen molar-refractivity contribution < 1.29 is 9.53 Å². The number of nitrogens with zero attached hydrogens (tertiary/aromatic N) is 2. The molecule has 3 aromatic rings. The summed E-state index contributed by atoms with van der Waals surface area (Å²) in [6.45, 7) is 1.99. The van der Waals surface area contributed by atoms with Gasteiger partial charge in [0.2, 0.25) is 5.13 Å². The number of benzene rings is 2. The molecule has 0 fully saturated rings. The quantitative estimate of drug-likeness (QED) is 0.771. The SMILES string of the molecule is COc1ccc(-c2csc(/N=C3\C(=O)Nc4ccc(C)cc43)n2)cc1. The highest BCUT2D eigenvalue weighted by atomic mass is 32.1. The van der Waals surface area contributed by atoms with Crippen LogP contribution >= 0.6 is 11.3 Å². The molecular formula is C19H15N3O2S. The Hall–Kier alpha value is -2.99. The molecule has 0 aliphatic carbocycles. The van der Waals surface area contributed by atoms with E-state index in [-0.39, 0.29) is 5.91 Å². The van der Waals surface area contributed by atoms with Gasteiger partial charge in [0.05, 0.1) is 18.5 Å². The van der Waals surface area contributed by atoms with Gasteiger partial charge in [-0.1, -0.05) is 11.6 Å². The Bertz CT molecular complexity index is 990. The van der Waals surface area contributed by atoms with Crippen LogP contribution < -0.4 is 10.1 Å². The lowest BCUT2D eigenvalue weighted by Gasteiger charge is -2.00. The molecule has 2 heterocycles. The minimum atomic E-state index is -0.193.